The number of esters is 1. The first-order valence-electron chi connectivity index (χ1n) is 7.08. The van der Waals surface area contributed by atoms with Gasteiger partial charge in [0.25, 0.3) is 0 Å². The summed E-state index contributed by atoms with van der Waals surface area (Å²) in [5, 5.41) is 0. The molecule has 0 aliphatic rings. The highest BCUT2D eigenvalue weighted by Crippen LogP contribution is 2.14. The number of hydrogen-bond donors (Lipinski definition) is 0. The topological polar surface area (TPSA) is 55.8 Å². The van der Waals surface area contributed by atoms with Crippen LogP contribution in [0.15, 0.2) is 36.4 Å². The van der Waals surface area contributed by atoms with E-state index in [9.17, 15) is 9.59 Å². The zero-order valence-corrected chi connectivity index (χ0v) is 13.4. The second-order valence-corrected chi connectivity index (χ2v) is 5.13. The molecule has 0 fully saturated rings. The van der Waals surface area contributed by atoms with Crippen LogP contribution in [0.5, 0.6) is 5.75 Å². The lowest BCUT2D eigenvalue weighted by Gasteiger charge is -2.23. The summed E-state index contributed by atoms with van der Waals surface area (Å²) in [7, 11) is 2.93. The number of rotatable bonds is 8. The van der Waals surface area contributed by atoms with E-state index in [0.717, 1.165) is 16.9 Å². The first-order valence-corrected chi connectivity index (χ1v) is 7.08. The van der Waals surface area contributed by atoms with Crippen LogP contribution in [-0.4, -0.2) is 37.5 Å². The number of methoxy groups -OCH3 is 2. The van der Waals surface area contributed by atoms with Gasteiger partial charge >= 0.3 is 5.97 Å². The Morgan fingerprint density at radius 2 is 1.77 bits per heavy atom. The van der Waals surface area contributed by atoms with Crippen LogP contribution < -0.4 is 4.74 Å². The summed E-state index contributed by atoms with van der Waals surface area (Å²) in [6.45, 7) is 6.66. The monoisotopic (exact) mass is 305 g/mol. The lowest BCUT2D eigenvalue weighted by atomic mass is 10.1. The highest BCUT2D eigenvalue weighted by molar-refractivity contribution is 5.81. The fourth-order valence-corrected chi connectivity index (χ4v) is 1.98. The van der Waals surface area contributed by atoms with Crippen molar-refractivity contribution in [2.45, 2.75) is 26.3 Å². The summed E-state index contributed by atoms with van der Waals surface area (Å²) in [4.78, 5) is 25.1. The van der Waals surface area contributed by atoms with E-state index in [1.807, 2.05) is 31.2 Å². The Morgan fingerprint density at radius 1 is 1.14 bits per heavy atom. The van der Waals surface area contributed by atoms with Gasteiger partial charge in [0.15, 0.2) is 0 Å². The number of hydrogen-bond acceptors (Lipinski definition) is 4. The quantitative estimate of drug-likeness (QED) is 0.547. The molecule has 120 valence electrons. The van der Waals surface area contributed by atoms with E-state index in [-0.39, 0.29) is 24.7 Å². The second kappa shape index (κ2) is 8.87. The van der Waals surface area contributed by atoms with Crippen molar-refractivity contribution in [3.8, 4) is 5.75 Å². The number of carbonyl (C=O) groups is 2. The van der Waals surface area contributed by atoms with E-state index in [1.54, 1.807) is 12.0 Å². The zero-order valence-electron chi connectivity index (χ0n) is 13.4. The molecule has 0 aliphatic heterocycles. The van der Waals surface area contributed by atoms with Crippen molar-refractivity contribution in [1.82, 2.24) is 4.90 Å². The molecule has 0 bridgehead atoms. The Bertz CT molecular complexity index is 522. The van der Waals surface area contributed by atoms with E-state index >= 15 is 0 Å². The van der Waals surface area contributed by atoms with Gasteiger partial charge in [-0.15, -0.1) is 0 Å². The molecule has 5 nitrogen and oxygen atoms in total. The minimum Gasteiger partial charge on any atom is -0.497 e. The van der Waals surface area contributed by atoms with E-state index < -0.39 is 0 Å². The lowest BCUT2D eigenvalue weighted by Crippen LogP contribution is -2.32. The maximum absolute atomic E-state index is 12.3. The van der Waals surface area contributed by atoms with Crippen molar-refractivity contribution in [1.29, 1.82) is 0 Å². The van der Waals surface area contributed by atoms with Gasteiger partial charge in [-0.2, -0.15) is 0 Å². The molecule has 0 heterocycles. The van der Waals surface area contributed by atoms with Gasteiger partial charge in [-0.25, -0.2) is 0 Å². The van der Waals surface area contributed by atoms with Gasteiger partial charge < -0.3 is 14.4 Å². The minimum absolute atomic E-state index is 0.0879. The standard InChI is InChI=1S/C17H23NO4/c1-13(2)11-18(16(19)9-10-17(20)22-4)12-14-5-7-15(21-3)8-6-14/h5-8H,1,9-12H2,2-4H3. The lowest BCUT2D eigenvalue weighted by molar-refractivity contribution is -0.143. The number of ether oxygens (including phenoxy) is 2. The van der Waals surface area contributed by atoms with Crippen molar-refractivity contribution in [2.24, 2.45) is 0 Å². The first-order chi connectivity index (χ1) is 10.5. The van der Waals surface area contributed by atoms with Crippen LogP contribution in [0, 0.1) is 0 Å². The Kier molecular flexibility index (Phi) is 7.16. The molecule has 5 heteroatoms. The number of nitrogens with zero attached hydrogens (tertiary/aromatic N) is 1. The molecule has 0 radical (unpaired) electrons. The van der Waals surface area contributed by atoms with Gasteiger partial charge in [-0.1, -0.05) is 24.3 Å². The highest BCUT2D eigenvalue weighted by atomic mass is 16.5. The minimum atomic E-state index is -0.381. The van der Waals surface area contributed by atoms with Crippen LogP contribution in [0.3, 0.4) is 0 Å². The third kappa shape index (κ3) is 5.99. The van der Waals surface area contributed by atoms with Crippen LogP contribution in [0.2, 0.25) is 0 Å². The van der Waals surface area contributed by atoms with E-state index in [2.05, 4.69) is 11.3 Å². The largest absolute Gasteiger partial charge is 0.497 e. The van der Waals surface area contributed by atoms with Crippen molar-refractivity contribution < 1.29 is 19.1 Å². The summed E-state index contributed by atoms with van der Waals surface area (Å²) in [5.41, 5.74) is 1.88. The number of carbonyl (C=O) groups excluding carboxylic acids is 2. The highest BCUT2D eigenvalue weighted by Gasteiger charge is 2.16. The van der Waals surface area contributed by atoms with E-state index in [1.165, 1.54) is 7.11 Å². The molecule has 0 atom stereocenters. The van der Waals surface area contributed by atoms with Crippen molar-refractivity contribution in [3.63, 3.8) is 0 Å². The molecular formula is C17H23NO4. The van der Waals surface area contributed by atoms with Gasteiger partial charge in [-0.05, 0) is 24.6 Å². The van der Waals surface area contributed by atoms with Crippen molar-refractivity contribution in [3.05, 3.63) is 42.0 Å². The maximum Gasteiger partial charge on any atom is 0.306 e. The molecule has 0 unspecified atom stereocenters. The molecule has 0 spiro atoms. The third-order valence-corrected chi connectivity index (χ3v) is 3.12. The zero-order chi connectivity index (χ0) is 16.5. The molecular weight excluding hydrogens is 282 g/mol. The number of amides is 1. The van der Waals surface area contributed by atoms with Crippen LogP contribution >= 0.6 is 0 Å². The van der Waals surface area contributed by atoms with Crippen LogP contribution in [-0.2, 0) is 20.9 Å². The molecule has 1 aromatic carbocycles. The third-order valence-electron chi connectivity index (χ3n) is 3.12. The molecule has 1 rings (SSSR count). The second-order valence-electron chi connectivity index (χ2n) is 5.13. The summed E-state index contributed by atoms with van der Waals surface area (Å²) in [6, 6.07) is 7.54. The van der Waals surface area contributed by atoms with Crippen molar-refractivity contribution >= 4 is 11.9 Å². The molecule has 22 heavy (non-hydrogen) atoms. The summed E-state index contributed by atoms with van der Waals surface area (Å²) >= 11 is 0. The maximum atomic E-state index is 12.3. The summed E-state index contributed by atoms with van der Waals surface area (Å²) in [5.74, 6) is 0.296. The van der Waals surface area contributed by atoms with E-state index in [0.29, 0.717) is 13.1 Å². The molecule has 1 aromatic rings. The van der Waals surface area contributed by atoms with Gasteiger partial charge in [0.1, 0.15) is 5.75 Å². The predicted octanol–water partition coefficient (Wildman–Crippen LogP) is 2.55. The molecule has 0 N–H and O–H groups in total. The normalized spacial score (nSPS) is 9.95. The molecule has 0 aromatic heterocycles. The van der Waals surface area contributed by atoms with Crippen LogP contribution in [0.25, 0.3) is 0 Å². The molecule has 0 aliphatic carbocycles. The first kappa shape index (κ1) is 17.8. The number of benzene rings is 1. The fourth-order valence-electron chi connectivity index (χ4n) is 1.98. The van der Waals surface area contributed by atoms with Crippen LogP contribution in [0.4, 0.5) is 0 Å². The van der Waals surface area contributed by atoms with Crippen LogP contribution in [0.1, 0.15) is 25.3 Å². The van der Waals surface area contributed by atoms with Gasteiger partial charge in [-0.3, -0.25) is 9.59 Å². The Hall–Kier alpha value is -2.30. The smallest absolute Gasteiger partial charge is 0.306 e. The molecule has 0 saturated carbocycles. The van der Waals surface area contributed by atoms with E-state index in [4.69, 9.17) is 4.74 Å². The SMILES string of the molecule is C=C(C)CN(Cc1ccc(OC)cc1)C(=O)CCC(=O)OC. The fraction of sp³-hybridized carbons (Fsp3) is 0.412. The molecule has 1 amide bonds. The average molecular weight is 305 g/mol. The summed E-state index contributed by atoms with van der Waals surface area (Å²) in [6.07, 6.45) is 0.223. The summed E-state index contributed by atoms with van der Waals surface area (Å²) < 4.78 is 9.68. The average Bonchev–Trinajstić information content (AvgIpc) is 2.51. The Labute approximate surface area is 131 Å². The van der Waals surface area contributed by atoms with Crippen molar-refractivity contribution in [2.75, 3.05) is 20.8 Å². The molecule has 0 saturated heterocycles. The Morgan fingerprint density at radius 3 is 2.27 bits per heavy atom. The Balaban J connectivity index is 2.71. The van der Waals surface area contributed by atoms with Gasteiger partial charge in [0.05, 0.1) is 20.6 Å². The van der Waals surface area contributed by atoms with Gasteiger partial charge in [0, 0.05) is 19.5 Å². The van der Waals surface area contributed by atoms with Gasteiger partial charge in [0.2, 0.25) is 5.91 Å². The predicted molar refractivity (Wildman–Crippen MR) is 84.5 cm³/mol.